The number of aryl methyl sites for hydroxylation is 2. The van der Waals surface area contributed by atoms with E-state index in [1.807, 2.05) is 19.9 Å². The van der Waals surface area contributed by atoms with Gasteiger partial charge < -0.3 is 0 Å². The third kappa shape index (κ3) is 3.21. The molecule has 0 N–H and O–H groups in total. The summed E-state index contributed by atoms with van der Waals surface area (Å²) in [5, 5.41) is 0. The molecule has 1 atom stereocenters. The Hall–Kier alpha value is -1.22. The van der Waals surface area contributed by atoms with Crippen molar-refractivity contribution in [2.24, 2.45) is 0 Å². The van der Waals surface area contributed by atoms with Crippen molar-refractivity contribution in [3.8, 4) is 0 Å². The maximum Gasteiger partial charge on any atom is 0.126 e. The van der Waals surface area contributed by atoms with E-state index < -0.39 is 0 Å². The minimum absolute atomic E-state index is 0.0231. The first-order valence-corrected chi connectivity index (χ1v) is 7.04. The van der Waals surface area contributed by atoms with Crippen molar-refractivity contribution in [2.45, 2.75) is 25.1 Å². The molecule has 0 spiro atoms. The van der Waals surface area contributed by atoms with Gasteiger partial charge in [0.25, 0.3) is 0 Å². The van der Waals surface area contributed by atoms with Crippen molar-refractivity contribution < 1.29 is 8.78 Å². The summed E-state index contributed by atoms with van der Waals surface area (Å²) >= 11 is 3.59. The molecule has 1 unspecified atom stereocenters. The van der Waals surface area contributed by atoms with Gasteiger partial charge >= 0.3 is 0 Å². The summed E-state index contributed by atoms with van der Waals surface area (Å²) in [5.74, 6) is -0.436. The number of halogens is 3. The normalized spacial score (nSPS) is 12.5. The third-order valence-electron chi connectivity index (χ3n) is 3.23. The van der Waals surface area contributed by atoms with E-state index in [2.05, 4.69) is 15.9 Å². The molecular formula is C16H15BrF2. The number of hydrogen-bond acceptors (Lipinski definition) is 0. The summed E-state index contributed by atoms with van der Waals surface area (Å²) in [6.45, 7) is 3.75. The van der Waals surface area contributed by atoms with E-state index in [0.717, 1.165) is 16.7 Å². The standard InChI is InChI=1S/C16H15BrF2/c1-10-7-13(18)8-11(2)16(10)14(17)9-12-5-3-4-6-15(12)19/h3-8,14H,9H2,1-2H3. The molecule has 2 aromatic rings. The Morgan fingerprint density at radius 2 is 1.63 bits per heavy atom. The van der Waals surface area contributed by atoms with E-state index in [1.54, 1.807) is 12.1 Å². The topological polar surface area (TPSA) is 0 Å². The van der Waals surface area contributed by atoms with Gasteiger partial charge in [-0.05, 0) is 60.7 Å². The van der Waals surface area contributed by atoms with Crippen LogP contribution in [0.5, 0.6) is 0 Å². The second-order valence-corrected chi connectivity index (χ2v) is 5.82. The van der Waals surface area contributed by atoms with Crippen LogP contribution >= 0.6 is 15.9 Å². The first kappa shape index (κ1) is 14.2. The zero-order valence-corrected chi connectivity index (χ0v) is 12.5. The third-order valence-corrected chi connectivity index (χ3v) is 4.01. The number of hydrogen-bond donors (Lipinski definition) is 0. The second kappa shape index (κ2) is 5.83. The van der Waals surface area contributed by atoms with Gasteiger partial charge in [0, 0.05) is 4.83 Å². The molecule has 0 heterocycles. The smallest absolute Gasteiger partial charge is 0.126 e. The predicted octanol–water partition coefficient (Wildman–Crippen LogP) is 5.26. The maximum absolute atomic E-state index is 13.7. The van der Waals surface area contributed by atoms with Crippen LogP contribution in [0.3, 0.4) is 0 Å². The predicted molar refractivity (Wildman–Crippen MR) is 77.6 cm³/mol. The van der Waals surface area contributed by atoms with Crippen LogP contribution in [0.2, 0.25) is 0 Å². The summed E-state index contributed by atoms with van der Waals surface area (Å²) in [6.07, 6.45) is 0.542. The summed E-state index contributed by atoms with van der Waals surface area (Å²) in [7, 11) is 0. The minimum Gasteiger partial charge on any atom is -0.207 e. The summed E-state index contributed by atoms with van der Waals surface area (Å²) < 4.78 is 26.9. The van der Waals surface area contributed by atoms with Gasteiger partial charge in [0.2, 0.25) is 0 Å². The van der Waals surface area contributed by atoms with Crippen LogP contribution < -0.4 is 0 Å². The van der Waals surface area contributed by atoms with Crippen molar-refractivity contribution in [1.82, 2.24) is 0 Å². The molecule has 0 aromatic heterocycles. The van der Waals surface area contributed by atoms with Crippen LogP contribution in [0, 0.1) is 25.5 Å². The lowest BCUT2D eigenvalue weighted by Gasteiger charge is -2.17. The molecule has 100 valence electrons. The Balaban J connectivity index is 2.31. The number of benzene rings is 2. The van der Waals surface area contributed by atoms with Crippen LogP contribution in [-0.2, 0) is 6.42 Å². The molecule has 0 fully saturated rings. The van der Waals surface area contributed by atoms with Gasteiger partial charge in [0.05, 0.1) is 0 Å². The Bertz CT molecular complexity index is 570. The van der Waals surface area contributed by atoms with Crippen molar-refractivity contribution in [1.29, 1.82) is 0 Å². The lowest BCUT2D eigenvalue weighted by atomic mass is 9.96. The van der Waals surface area contributed by atoms with Crippen LogP contribution in [0.1, 0.15) is 27.1 Å². The highest BCUT2D eigenvalue weighted by Gasteiger charge is 2.16. The molecule has 3 heteroatoms. The maximum atomic E-state index is 13.7. The first-order valence-electron chi connectivity index (χ1n) is 6.13. The van der Waals surface area contributed by atoms with Crippen LogP contribution in [-0.4, -0.2) is 0 Å². The minimum atomic E-state index is -0.232. The van der Waals surface area contributed by atoms with Gasteiger partial charge in [-0.1, -0.05) is 34.1 Å². The van der Waals surface area contributed by atoms with Gasteiger partial charge in [0.1, 0.15) is 11.6 Å². The molecule has 0 aliphatic rings. The fourth-order valence-electron chi connectivity index (χ4n) is 2.37. The Morgan fingerprint density at radius 3 is 2.21 bits per heavy atom. The average Bonchev–Trinajstić information content (AvgIpc) is 2.30. The van der Waals surface area contributed by atoms with Gasteiger partial charge in [-0.2, -0.15) is 0 Å². The zero-order valence-electron chi connectivity index (χ0n) is 10.9. The molecule has 19 heavy (non-hydrogen) atoms. The Labute approximate surface area is 120 Å². The van der Waals surface area contributed by atoms with E-state index in [-0.39, 0.29) is 16.5 Å². The first-order chi connectivity index (χ1) is 8.99. The van der Waals surface area contributed by atoms with Gasteiger partial charge in [0.15, 0.2) is 0 Å². The van der Waals surface area contributed by atoms with Gasteiger partial charge in [-0.15, -0.1) is 0 Å². The fraction of sp³-hybridized carbons (Fsp3) is 0.250. The Morgan fingerprint density at radius 1 is 1.05 bits per heavy atom. The van der Waals surface area contributed by atoms with Crippen molar-refractivity contribution in [2.75, 3.05) is 0 Å². The molecule has 0 nitrogen and oxygen atoms in total. The highest BCUT2D eigenvalue weighted by Crippen LogP contribution is 2.33. The van der Waals surface area contributed by atoms with E-state index in [9.17, 15) is 8.78 Å². The second-order valence-electron chi connectivity index (χ2n) is 4.72. The summed E-state index contributed by atoms with van der Waals surface area (Å²) in [5.41, 5.74) is 3.46. The van der Waals surface area contributed by atoms with Crippen molar-refractivity contribution in [3.63, 3.8) is 0 Å². The molecule has 0 bridgehead atoms. The monoisotopic (exact) mass is 324 g/mol. The largest absolute Gasteiger partial charge is 0.207 e. The van der Waals surface area contributed by atoms with E-state index in [4.69, 9.17) is 0 Å². The van der Waals surface area contributed by atoms with Crippen LogP contribution in [0.25, 0.3) is 0 Å². The highest BCUT2D eigenvalue weighted by molar-refractivity contribution is 9.09. The van der Waals surface area contributed by atoms with Gasteiger partial charge in [-0.25, -0.2) is 8.78 Å². The molecule has 2 rings (SSSR count). The molecule has 0 radical (unpaired) electrons. The summed E-state index contributed by atoms with van der Waals surface area (Å²) in [6, 6.07) is 9.76. The lowest BCUT2D eigenvalue weighted by molar-refractivity contribution is 0.607. The average molecular weight is 325 g/mol. The van der Waals surface area contributed by atoms with Crippen LogP contribution in [0.4, 0.5) is 8.78 Å². The summed E-state index contributed by atoms with van der Waals surface area (Å²) in [4.78, 5) is -0.0231. The fourth-order valence-corrected chi connectivity index (χ4v) is 3.45. The number of alkyl halides is 1. The number of rotatable bonds is 3. The molecule has 0 aliphatic heterocycles. The van der Waals surface area contributed by atoms with Crippen molar-refractivity contribution >= 4 is 15.9 Å². The molecule has 2 aromatic carbocycles. The Kier molecular flexibility index (Phi) is 4.35. The molecule has 0 saturated heterocycles. The van der Waals surface area contributed by atoms with Crippen LogP contribution in [0.15, 0.2) is 36.4 Å². The molecule has 0 aliphatic carbocycles. The molecular weight excluding hydrogens is 310 g/mol. The molecule has 0 amide bonds. The zero-order chi connectivity index (χ0) is 14.0. The highest BCUT2D eigenvalue weighted by atomic mass is 79.9. The van der Waals surface area contributed by atoms with Gasteiger partial charge in [-0.3, -0.25) is 0 Å². The molecule has 0 saturated carbocycles. The van der Waals surface area contributed by atoms with E-state index >= 15 is 0 Å². The quantitative estimate of drug-likeness (QED) is 0.675. The lowest BCUT2D eigenvalue weighted by Crippen LogP contribution is -2.03. The van der Waals surface area contributed by atoms with Crippen molar-refractivity contribution in [3.05, 3.63) is 70.3 Å². The SMILES string of the molecule is Cc1cc(F)cc(C)c1C(Br)Cc1ccccc1F. The van der Waals surface area contributed by atoms with E-state index in [1.165, 1.54) is 18.2 Å². The van der Waals surface area contributed by atoms with E-state index in [0.29, 0.717) is 12.0 Å².